The Morgan fingerprint density at radius 1 is 0.316 bits per heavy atom. The zero-order chi connectivity index (χ0) is 68.8. The molecule has 0 fully saturated rings. The highest BCUT2D eigenvalue weighted by atomic mass is 31.2. The van der Waals surface area contributed by atoms with Crippen LogP contribution in [0.25, 0.3) is 0 Å². The van der Waals surface area contributed by atoms with Crippen LogP contribution in [-0.4, -0.2) is 274 Å². The summed E-state index contributed by atoms with van der Waals surface area (Å²) in [6.45, 7) is 17.0. The monoisotopic (exact) mass is 1400 g/mol. The van der Waals surface area contributed by atoms with Gasteiger partial charge in [-0.1, -0.05) is 142 Å². The molecule has 0 saturated heterocycles. The lowest BCUT2D eigenvalue weighted by Gasteiger charge is -2.20. The van der Waals surface area contributed by atoms with Crippen molar-refractivity contribution < 1.29 is 123 Å². The first-order valence-corrected chi connectivity index (χ1v) is 37.3. The van der Waals surface area contributed by atoms with E-state index in [2.05, 4.69) is 19.2 Å². The van der Waals surface area contributed by atoms with Crippen molar-refractivity contribution in [1.29, 1.82) is 0 Å². The molecule has 0 aliphatic carbocycles. The Morgan fingerprint density at radius 2 is 0.579 bits per heavy atom. The van der Waals surface area contributed by atoms with Crippen molar-refractivity contribution in [3.8, 4) is 0 Å². The van der Waals surface area contributed by atoms with Gasteiger partial charge in [0.05, 0.1) is 218 Å². The summed E-state index contributed by atoms with van der Waals surface area (Å²) in [6.07, 6.45) is 23.7. The van der Waals surface area contributed by atoms with E-state index in [-0.39, 0.29) is 52.4 Å². The molecule has 0 radical (unpaired) electrons. The molecular weight excluding hydrogens is 1270 g/mol. The summed E-state index contributed by atoms with van der Waals surface area (Å²) in [7, 11) is -3.01. The summed E-state index contributed by atoms with van der Waals surface area (Å²) in [6, 6.07) is 0. The summed E-state index contributed by atoms with van der Waals surface area (Å²) in [4.78, 5) is 47.9. The summed E-state index contributed by atoms with van der Waals surface area (Å²) in [5.41, 5.74) is 0. The van der Waals surface area contributed by atoms with Crippen molar-refractivity contribution in [3.05, 3.63) is 0 Å². The molecule has 27 nitrogen and oxygen atoms in total. The van der Waals surface area contributed by atoms with Gasteiger partial charge in [-0.15, -0.1) is 0 Å². The average molecular weight is 1400 g/mol. The molecule has 1 unspecified atom stereocenters. The van der Waals surface area contributed by atoms with Gasteiger partial charge in [0.25, 0.3) is 0 Å². The number of hydrogen-bond acceptors (Lipinski definition) is 25. The fraction of sp³-hybridized carbons (Fsp3) is 0.955. The van der Waals surface area contributed by atoms with Crippen LogP contribution in [0.4, 0.5) is 4.79 Å². The molecule has 566 valence electrons. The molecular formula is C67H132NO26P. The number of phosphoric acid groups is 1. The number of rotatable bonds is 82. The molecule has 2 N–H and O–H groups in total. The lowest BCUT2D eigenvalue weighted by Crippen LogP contribution is -2.30. The van der Waals surface area contributed by atoms with Gasteiger partial charge in [0.1, 0.15) is 13.2 Å². The van der Waals surface area contributed by atoms with Gasteiger partial charge in [-0.05, 0) is 12.8 Å². The fourth-order valence-electron chi connectivity index (χ4n) is 8.58. The Hall–Kier alpha value is -2.32. The highest BCUT2D eigenvalue weighted by molar-refractivity contribution is 7.47. The maximum atomic E-state index is 12.8. The van der Waals surface area contributed by atoms with E-state index < -0.39 is 38.6 Å². The average Bonchev–Trinajstić information content (AvgIpc) is 1.48. The maximum absolute atomic E-state index is 12.8. The smallest absolute Gasteiger partial charge is 0.462 e. The van der Waals surface area contributed by atoms with Crippen LogP contribution in [0.3, 0.4) is 0 Å². The van der Waals surface area contributed by atoms with Crippen LogP contribution in [0.5, 0.6) is 0 Å². The predicted molar refractivity (Wildman–Crippen MR) is 358 cm³/mol. The Kier molecular flexibility index (Phi) is 77.1. The second-order valence-electron chi connectivity index (χ2n) is 22.2. The predicted octanol–water partition coefficient (Wildman–Crippen LogP) is 9.60. The Bertz CT molecular complexity index is 1620. The highest BCUT2D eigenvalue weighted by Gasteiger charge is 2.26. The molecule has 0 aromatic heterocycles. The first kappa shape index (κ1) is 92.7. The van der Waals surface area contributed by atoms with Crippen molar-refractivity contribution >= 4 is 25.9 Å². The Balaban J connectivity index is 3.77. The molecule has 0 aliphatic heterocycles. The zero-order valence-electron chi connectivity index (χ0n) is 59.1. The van der Waals surface area contributed by atoms with Crippen molar-refractivity contribution in [3.63, 3.8) is 0 Å². The molecule has 95 heavy (non-hydrogen) atoms. The second kappa shape index (κ2) is 79.0. The molecule has 1 amide bonds. The molecule has 0 bridgehead atoms. The normalized spacial score (nSPS) is 12.5. The summed E-state index contributed by atoms with van der Waals surface area (Å²) in [5.74, 6) is -0.942. The lowest BCUT2D eigenvalue weighted by atomic mass is 10.1. The number of amides is 1. The minimum Gasteiger partial charge on any atom is -0.462 e. The third kappa shape index (κ3) is 78.9. The lowest BCUT2D eigenvalue weighted by molar-refractivity contribution is -0.161. The minimum absolute atomic E-state index is 0.0353. The summed E-state index contributed by atoms with van der Waals surface area (Å²) in [5, 5.41) is 2.42. The van der Waals surface area contributed by atoms with E-state index in [1.807, 2.05) is 0 Å². The van der Waals surface area contributed by atoms with Crippen molar-refractivity contribution in [2.24, 2.45) is 0 Å². The number of hydrogen-bond donors (Lipinski definition) is 2. The molecule has 0 aliphatic rings. The van der Waals surface area contributed by atoms with Crippen LogP contribution in [0.15, 0.2) is 0 Å². The molecule has 0 heterocycles. The van der Waals surface area contributed by atoms with E-state index in [1.165, 1.54) is 89.9 Å². The van der Waals surface area contributed by atoms with E-state index in [0.717, 1.165) is 38.5 Å². The van der Waals surface area contributed by atoms with Gasteiger partial charge >= 0.3 is 25.9 Å². The first-order chi connectivity index (χ1) is 46.7. The molecule has 0 rings (SSSR count). The number of carbonyl (C=O) groups is 3. The van der Waals surface area contributed by atoms with Gasteiger partial charge in [-0.2, -0.15) is 0 Å². The van der Waals surface area contributed by atoms with E-state index in [0.29, 0.717) is 204 Å². The van der Waals surface area contributed by atoms with E-state index in [1.54, 1.807) is 7.11 Å². The SMILES string of the molecule is CCCCCCCCCCCCCC(=O)OC[C@H](COP(=O)(O)OCCNC(=O)OCCOCCOCCOCCOCCOCCOCCOCCOCCOCCOCCOCCOCCOCCOCCOCCOC)OC(=O)CCCCCCCCCCCCC. The van der Waals surface area contributed by atoms with Crippen LogP contribution in [0, 0.1) is 0 Å². The number of carbonyl (C=O) groups excluding carboxylic acids is 3. The van der Waals surface area contributed by atoms with Gasteiger partial charge in [-0.3, -0.25) is 18.6 Å². The molecule has 0 aromatic rings. The Labute approximate surface area is 571 Å². The largest absolute Gasteiger partial charge is 0.472 e. The van der Waals surface area contributed by atoms with Crippen LogP contribution >= 0.6 is 7.82 Å². The maximum Gasteiger partial charge on any atom is 0.472 e. The zero-order valence-corrected chi connectivity index (χ0v) is 60.0. The van der Waals surface area contributed by atoms with E-state index >= 15 is 0 Å². The van der Waals surface area contributed by atoms with Crippen molar-refractivity contribution in [2.45, 2.75) is 174 Å². The van der Waals surface area contributed by atoms with Crippen molar-refractivity contribution in [2.75, 3.05) is 245 Å². The quantitative estimate of drug-likeness (QED) is 0.0248. The standard InChI is InChI=1S/C67H132NO26P/c1-4-6-8-10-12-14-16-18-20-22-24-26-65(69)91-62-64(94-66(70)27-25-23-21-19-17-15-13-11-9-7-5-2)63-93-95(72,73)92-29-28-68-67(71)90-61-60-89-59-58-88-57-56-87-55-54-86-53-52-85-51-50-84-49-48-83-47-46-82-45-44-81-43-42-80-41-40-79-39-38-78-37-36-77-35-34-76-33-32-75-31-30-74-3/h64H,4-63H2,1-3H3,(H,68,71)(H,72,73)/t64-/m1/s1. The van der Waals surface area contributed by atoms with Crippen LogP contribution in [0.2, 0.25) is 0 Å². The fourth-order valence-corrected chi connectivity index (χ4v) is 9.33. The second-order valence-corrected chi connectivity index (χ2v) is 23.7. The third-order valence-electron chi connectivity index (χ3n) is 13.8. The van der Waals surface area contributed by atoms with E-state index in [4.69, 9.17) is 99.0 Å². The number of nitrogens with one attached hydrogen (secondary N) is 1. The van der Waals surface area contributed by atoms with Crippen LogP contribution in [-0.2, 0) is 113 Å². The number of methoxy groups -OCH3 is 1. The van der Waals surface area contributed by atoms with Gasteiger partial charge in [0, 0.05) is 26.5 Å². The number of alkyl carbamates (subject to hydrolysis) is 1. The topological polar surface area (TPSA) is 294 Å². The van der Waals surface area contributed by atoms with Gasteiger partial charge in [0.15, 0.2) is 6.10 Å². The molecule has 0 spiro atoms. The molecule has 28 heteroatoms. The van der Waals surface area contributed by atoms with Crippen molar-refractivity contribution in [1.82, 2.24) is 5.32 Å². The minimum atomic E-state index is -4.65. The van der Waals surface area contributed by atoms with Crippen LogP contribution < -0.4 is 5.32 Å². The molecule has 0 aromatic carbocycles. The number of phosphoric ester groups is 1. The van der Waals surface area contributed by atoms with Crippen LogP contribution in [0.1, 0.15) is 168 Å². The molecule has 0 saturated carbocycles. The Morgan fingerprint density at radius 3 is 0.874 bits per heavy atom. The molecule has 2 atom stereocenters. The van der Waals surface area contributed by atoms with Gasteiger partial charge in [-0.25, -0.2) is 9.36 Å². The van der Waals surface area contributed by atoms with Gasteiger partial charge < -0.3 is 100 Å². The first-order valence-electron chi connectivity index (χ1n) is 35.8. The van der Waals surface area contributed by atoms with E-state index in [9.17, 15) is 23.8 Å². The number of esters is 2. The van der Waals surface area contributed by atoms with Gasteiger partial charge in [0.2, 0.25) is 0 Å². The highest BCUT2D eigenvalue weighted by Crippen LogP contribution is 2.43. The summed E-state index contributed by atoms with van der Waals surface area (Å²) < 4.78 is 126. The number of unbranched alkanes of at least 4 members (excludes halogenated alkanes) is 20. The third-order valence-corrected chi connectivity index (χ3v) is 14.8. The summed E-state index contributed by atoms with van der Waals surface area (Å²) >= 11 is 0. The number of ether oxygens (including phenoxy) is 19.